The lowest BCUT2D eigenvalue weighted by Crippen LogP contribution is -1.91. The summed E-state index contributed by atoms with van der Waals surface area (Å²) < 4.78 is 0. The SMILES string of the molecule is CC(=O)O.CCCC(=O)O.CCCC(=O)O.CCCCC(=O)O. The Kier molecular flexibility index (Phi) is 31.3. The van der Waals surface area contributed by atoms with Crippen molar-refractivity contribution in [1.82, 2.24) is 0 Å². The van der Waals surface area contributed by atoms with E-state index in [0.717, 1.165) is 32.6 Å². The highest BCUT2D eigenvalue weighted by Crippen LogP contribution is 1.91. The van der Waals surface area contributed by atoms with Gasteiger partial charge >= 0.3 is 17.9 Å². The van der Waals surface area contributed by atoms with Crippen LogP contribution in [0.4, 0.5) is 0 Å². The van der Waals surface area contributed by atoms with Crippen molar-refractivity contribution < 1.29 is 39.6 Å². The van der Waals surface area contributed by atoms with E-state index < -0.39 is 23.9 Å². The second-order valence-electron chi connectivity index (χ2n) is 4.30. The molecular weight excluding hydrogens is 308 g/mol. The average molecular weight is 338 g/mol. The summed E-state index contributed by atoms with van der Waals surface area (Å²) in [6.45, 7) is 6.74. The summed E-state index contributed by atoms with van der Waals surface area (Å²) in [5.74, 6) is -2.95. The van der Waals surface area contributed by atoms with Gasteiger partial charge in [0.05, 0.1) is 0 Å². The Hall–Kier alpha value is -2.12. The number of unbranched alkanes of at least 4 members (excludes halogenated alkanes) is 1. The number of hydrogen-bond donors (Lipinski definition) is 4. The first-order valence-electron chi connectivity index (χ1n) is 7.39. The standard InChI is InChI=1S/C5H10O2.2C4H8O2.C2H4O2/c1-2-3-4-5(6)7;2*1-2-3-4(5)6;1-2(3)4/h2-4H2,1H3,(H,6,7);2*2-3H2,1H3,(H,5,6);1H3,(H,3,4). The molecule has 0 saturated heterocycles. The zero-order valence-electron chi connectivity index (χ0n) is 14.4. The van der Waals surface area contributed by atoms with Crippen LogP contribution in [0.3, 0.4) is 0 Å². The van der Waals surface area contributed by atoms with Gasteiger partial charge < -0.3 is 20.4 Å². The largest absolute Gasteiger partial charge is 0.481 e. The highest BCUT2D eigenvalue weighted by molar-refractivity contribution is 5.67. The first kappa shape index (κ1) is 29.0. The predicted molar refractivity (Wildman–Crippen MR) is 85.6 cm³/mol. The molecule has 0 heterocycles. The van der Waals surface area contributed by atoms with Crippen LogP contribution in [0.5, 0.6) is 0 Å². The molecule has 0 aromatic rings. The fourth-order valence-electron chi connectivity index (χ4n) is 0.756. The third-order valence-electron chi connectivity index (χ3n) is 1.67. The first-order valence-corrected chi connectivity index (χ1v) is 7.39. The highest BCUT2D eigenvalue weighted by Gasteiger charge is 1.91. The number of hydrogen-bond acceptors (Lipinski definition) is 4. The minimum absolute atomic E-state index is 0.292. The quantitative estimate of drug-likeness (QED) is 0.553. The van der Waals surface area contributed by atoms with Crippen LogP contribution in [0.15, 0.2) is 0 Å². The smallest absolute Gasteiger partial charge is 0.303 e. The van der Waals surface area contributed by atoms with Crippen molar-refractivity contribution in [1.29, 1.82) is 0 Å². The number of carbonyl (C=O) groups is 4. The molecule has 4 N–H and O–H groups in total. The van der Waals surface area contributed by atoms with Gasteiger partial charge in [-0.1, -0.05) is 27.2 Å². The first-order chi connectivity index (χ1) is 10.5. The van der Waals surface area contributed by atoms with E-state index in [9.17, 15) is 14.4 Å². The van der Waals surface area contributed by atoms with Gasteiger partial charge in [-0.2, -0.15) is 0 Å². The molecule has 0 atom stereocenters. The van der Waals surface area contributed by atoms with Gasteiger partial charge in [0.15, 0.2) is 0 Å². The minimum Gasteiger partial charge on any atom is -0.481 e. The van der Waals surface area contributed by atoms with E-state index in [2.05, 4.69) is 0 Å². The molecule has 0 rings (SSSR count). The lowest BCUT2D eigenvalue weighted by molar-refractivity contribution is -0.138. The van der Waals surface area contributed by atoms with E-state index in [1.807, 2.05) is 20.8 Å². The van der Waals surface area contributed by atoms with Crippen LogP contribution in [0.25, 0.3) is 0 Å². The Bertz CT molecular complexity index is 293. The van der Waals surface area contributed by atoms with Gasteiger partial charge in [-0.3, -0.25) is 19.2 Å². The maximum absolute atomic E-state index is 9.76. The molecule has 0 aromatic heterocycles. The van der Waals surface area contributed by atoms with Crippen molar-refractivity contribution >= 4 is 23.9 Å². The number of carboxylic acids is 4. The Morgan fingerprint density at radius 2 is 0.870 bits per heavy atom. The summed E-state index contributed by atoms with van der Waals surface area (Å²) in [5.41, 5.74) is 0. The number of carboxylic acid groups (broad SMARTS) is 4. The van der Waals surface area contributed by atoms with Crippen molar-refractivity contribution in [2.75, 3.05) is 0 Å². The number of rotatable bonds is 7. The molecule has 0 amide bonds. The lowest BCUT2D eigenvalue weighted by Gasteiger charge is -1.85. The Morgan fingerprint density at radius 1 is 0.609 bits per heavy atom. The monoisotopic (exact) mass is 338 g/mol. The Balaban J connectivity index is -0.000000107. The van der Waals surface area contributed by atoms with Crippen molar-refractivity contribution in [3.05, 3.63) is 0 Å². The van der Waals surface area contributed by atoms with Crippen LogP contribution < -0.4 is 0 Å². The average Bonchev–Trinajstić information content (AvgIpc) is 2.36. The molecule has 23 heavy (non-hydrogen) atoms. The second kappa shape index (κ2) is 24.9. The van der Waals surface area contributed by atoms with Gasteiger partial charge in [0.25, 0.3) is 5.97 Å². The molecule has 8 nitrogen and oxygen atoms in total. The van der Waals surface area contributed by atoms with E-state index in [1.165, 1.54) is 0 Å². The normalized spacial score (nSPS) is 8.00. The van der Waals surface area contributed by atoms with Crippen LogP contribution >= 0.6 is 0 Å². The van der Waals surface area contributed by atoms with Crippen LogP contribution in [-0.4, -0.2) is 44.3 Å². The van der Waals surface area contributed by atoms with Crippen molar-refractivity contribution in [2.24, 2.45) is 0 Å². The molecule has 0 aliphatic rings. The molecule has 8 heteroatoms. The summed E-state index contributed by atoms with van der Waals surface area (Å²) in [6.07, 6.45) is 4.13. The zero-order chi connectivity index (χ0) is 19.3. The zero-order valence-corrected chi connectivity index (χ0v) is 14.4. The number of aliphatic carboxylic acids is 4. The molecule has 0 unspecified atom stereocenters. The van der Waals surface area contributed by atoms with Crippen molar-refractivity contribution in [3.63, 3.8) is 0 Å². The van der Waals surface area contributed by atoms with E-state index in [4.69, 9.17) is 25.2 Å². The van der Waals surface area contributed by atoms with Gasteiger partial charge in [-0.15, -0.1) is 0 Å². The summed E-state index contributed by atoms with van der Waals surface area (Å²) in [6, 6.07) is 0. The van der Waals surface area contributed by atoms with E-state index in [1.54, 1.807) is 0 Å². The minimum atomic E-state index is -0.833. The maximum atomic E-state index is 9.76. The van der Waals surface area contributed by atoms with Gasteiger partial charge in [0, 0.05) is 26.2 Å². The summed E-state index contributed by atoms with van der Waals surface area (Å²) in [4.78, 5) is 38.0. The Labute approximate surface area is 137 Å². The van der Waals surface area contributed by atoms with Gasteiger partial charge in [-0.25, -0.2) is 0 Å². The molecule has 0 aliphatic carbocycles. The molecule has 0 radical (unpaired) electrons. The molecular formula is C15H30O8. The lowest BCUT2D eigenvalue weighted by atomic mass is 10.3. The van der Waals surface area contributed by atoms with E-state index in [-0.39, 0.29) is 0 Å². The Morgan fingerprint density at radius 3 is 0.913 bits per heavy atom. The molecule has 0 spiro atoms. The van der Waals surface area contributed by atoms with E-state index in [0.29, 0.717) is 19.3 Å². The molecule has 0 aliphatic heterocycles. The third kappa shape index (κ3) is 102. The summed E-state index contributed by atoms with van der Waals surface area (Å²) >= 11 is 0. The predicted octanol–water partition coefficient (Wildman–Crippen LogP) is 3.09. The molecule has 0 bridgehead atoms. The fourth-order valence-corrected chi connectivity index (χ4v) is 0.756. The fraction of sp³-hybridized carbons (Fsp3) is 0.733. The molecule has 0 aromatic carbocycles. The van der Waals surface area contributed by atoms with Crippen LogP contribution in [0, 0.1) is 0 Å². The summed E-state index contributed by atoms with van der Waals surface area (Å²) in [7, 11) is 0. The van der Waals surface area contributed by atoms with Gasteiger partial charge in [0.1, 0.15) is 0 Å². The molecule has 0 fully saturated rings. The van der Waals surface area contributed by atoms with E-state index >= 15 is 0 Å². The van der Waals surface area contributed by atoms with Crippen LogP contribution in [0.1, 0.15) is 72.6 Å². The van der Waals surface area contributed by atoms with Gasteiger partial charge in [0.2, 0.25) is 0 Å². The molecule has 0 saturated carbocycles. The molecule has 138 valence electrons. The maximum Gasteiger partial charge on any atom is 0.303 e. The van der Waals surface area contributed by atoms with Crippen LogP contribution in [0.2, 0.25) is 0 Å². The summed E-state index contributed by atoms with van der Waals surface area (Å²) in [5, 5.41) is 31.3. The second-order valence-corrected chi connectivity index (χ2v) is 4.30. The topological polar surface area (TPSA) is 149 Å². The van der Waals surface area contributed by atoms with Crippen LogP contribution in [-0.2, 0) is 19.2 Å². The van der Waals surface area contributed by atoms with Crippen molar-refractivity contribution in [3.8, 4) is 0 Å². The van der Waals surface area contributed by atoms with Gasteiger partial charge in [-0.05, 0) is 19.3 Å². The van der Waals surface area contributed by atoms with Crippen molar-refractivity contribution in [2.45, 2.75) is 72.6 Å². The highest BCUT2D eigenvalue weighted by atomic mass is 16.4. The third-order valence-corrected chi connectivity index (χ3v) is 1.67.